The fourth-order valence-electron chi connectivity index (χ4n) is 3.60. The van der Waals surface area contributed by atoms with E-state index >= 15 is 0 Å². The summed E-state index contributed by atoms with van der Waals surface area (Å²) in [6.45, 7) is 0. The number of nitro benzene ring substituents is 1. The summed E-state index contributed by atoms with van der Waals surface area (Å²) in [5.74, 6) is -0.722. The number of para-hydroxylation sites is 1. The first-order chi connectivity index (χ1) is 14.0. The van der Waals surface area contributed by atoms with Crippen LogP contribution in [0.1, 0.15) is 36.2 Å². The van der Waals surface area contributed by atoms with Crippen LogP contribution in [-0.2, 0) is 4.79 Å². The number of nitrogens with zero attached hydrogens (tertiary/aromatic N) is 1. The van der Waals surface area contributed by atoms with Crippen LogP contribution in [0.5, 0.6) is 0 Å². The second kappa shape index (κ2) is 7.75. The minimum atomic E-state index is -0.545. The number of rotatable bonds is 5. The number of furan rings is 1. The van der Waals surface area contributed by atoms with Gasteiger partial charge in [0.25, 0.3) is 11.6 Å². The normalized spacial score (nSPS) is 14.1. The van der Waals surface area contributed by atoms with E-state index in [2.05, 4.69) is 10.6 Å². The van der Waals surface area contributed by atoms with E-state index in [1.165, 1.54) is 24.3 Å². The second-order valence-corrected chi connectivity index (χ2v) is 7.03. The second-order valence-electron chi connectivity index (χ2n) is 7.03. The van der Waals surface area contributed by atoms with E-state index in [-0.39, 0.29) is 23.3 Å². The van der Waals surface area contributed by atoms with Gasteiger partial charge in [-0.05, 0) is 37.1 Å². The van der Waals surface area contributed by atoms with E-state index in [4.69, 9.17) is 4.42 Å². The van der Waals surface area contributed by atoms with Crippen molar-refractivity contribution >= 4 is 39.8 Å². The van der Waals surface area contributed by atoms with Gasteiger partial charge in [-0.1, -0.05) is 25.0 Å². The quantitative estimate of drug-likeness (QED) is 0.481. The third kappa shape index (κ3) is 3.82. The smallest absolute Gasteiger partial charge is 0.293 e. The summed E-state index contributed by atoms with van der Waals surface area (Å²) in [6.07, 6.45) is 3.73. The molecule has 29 heavy (non-hydrogen) atoms. The van der Waals surface area contributed by atoms with Crippen LogP contribution < -0.4 is 10.6 Å². The Kier molecular flexibility index (Phi) is 4.99. The lowest BCUT2D eigenvalue weighted by atomic mass is 10.1. The molecule has 1 aliphatic rings. The number of fused-ring (bicyclic) bond motifs is 1. The van der Waals surface area contributed by atoms with Crippen LogP contribution in [-0.4, -0.2) is 16.7 Å². The van der Waals surface area contributed by atoms with E-state index in [1.807, 2.05) is 0 Å². The Hall–Kier alpha value is -3.68. The number of hydrogen-bond donors (Lipinski definition) is 2. The number of carbonyl (C=O) groups excluding carboxylic acids is 2. The summed E-state index contributed by atoms with van der Waals surface area (Å²) in [7, 11) is 0. The predicted octanol–water partition coefficient (Wildman–Crippen LogP) is 4.72. The first kappa shape index (κ1) is 18.7. The Labute approximate surface area is 166 Å². The molecule has 1 aromatic heterocycles. The highest BCUT2D eigenvalue weighted by Gasteiger charge is 2.27. The zero-order chi connectivity index (χ0) is 20.4. The molecular formula is C21H19N3O5. The number of amides is 2. The molecule has 1 aliphatic carbocycles. The number of anilines is 2. The maximum absolute atomic E-state index is 12.8. The summed E-state index contributed by atoms with van der Waals surface area (Å²) in [5, 5.41) is 17.0. The van der Waals surface area contributed by atoms with Crippen LogP contribution in [0.4, 0.5) is 17.1 Å². The molecule has 4 rings (SSSR count). The Morgan fingerprint density at radius 2 is 1.69 bits per heavy atom. The number of non-ortho nitro benzene ring substituents is 1. The molecular weight excluding hydrogens is 374 g/mol. The van der Waals surface area contributed by atoms with Crippen LogP contribution in [0, 0.1) is 16.0 Å². The maximum atomic E-state index is 12.8. The lowest BCUT2D eigenvalue weighted by Crippen LogP contribution is -2.22. The monoisotopic (exact) mass is 393 g/mol. The van der Waals surface area contributed by atoms with Crippen molar-refractivity contribution < 1.29 is 18.9 Å². The van der Waals surface area contributed by atoms with Gasteiger partial charge in [-0.25, -0.2) is 0 Å². The highest BCUT2D eigenvalue weighted by molar-refractivity contribution is 6.14. The summed E-state index contributed by atoms with van der Waals surface area (Å²) < 4.78 is 5.72. The van der Waals surface area contributed by atoms with Gasteiger partial charge in [0, 0.05) is 29.1 Å². The van der Waals surface area contributed by atoms with E-state index in [9.17, 15) is 19.7 Å². The standard InChI is InChI=1S/C21H19N3O5/c25-20(13-5-1-2-6-13)23-18-16-7-3-4-8-17(16)29-19(18)21(26)22-14-9-11-15(12-10-14)24(27)28/h3-4,7-13H,1-2,5-6H2,(H,22,26)(H,23,25). The Balaban J connectivity index is 1.62. The van der Waals surface area contributed by atoms with Crippen LogP contribution in [0.3, 0.4) is 0 Å². The third-order valence-electron chi connectivity index (χ3n) is 5.11. The van der Waals surface area contributed by atoms with Crippen molar-refractivity contribution in [3.8, 4) is 0 Å². The van der Waals surface area contributed by atoms with E-state index < -0.39 is 10.8 Å². The zero-order valence-electron chi connectivity index (χ0n) is 15.5. The summed E-state index contributed by atoms with van der Waals surface area (Å²) in [4.78, 5) is 35.7. The first-order valence-corrected chi connectivity index (χ1v) is 9.41. The van der Waals surface area contributed by atoms with Gasteiger partial charge in [-0.3, -0.25) is 19.7 Å². The van der Waals surface area contributed by atoms with Crippen LogP contribution >= 0.6 is 0 Å². The van der Waals surface area contributed by atoms with Crippen molar-refractivity contribution in [2.24, 2.45) is 5.92 Å². The fraction of sp³-hybridized carbons (Fsp3) is 0.238. The number of nitrogens with one attached hydrogen (secondary N) is 2. The largest absolute Gasteiger partial charge is 0.449 e. The third-order valence-corrected chi connectivity index (χ3v) is 5.11. The van der Waals surface area contributed by atoms with Gasteiger partial charge in [0.1, 0.15) is 11.3 Å². The molecule has 0 radical (unpaired) electrons. The number of nitro groups is 1. The average Bonchev–Trinajstić information content (AvgIpc) is 3.37. The number of carbonyl (C=O) groups is 2. The van der Waals surface area contributed by atoms with Crippen molar-refractivity contribution in [1.82, 2.24) is 0 Å². The molecule has 1 heterocycles. The highest BCUT2D eigenvalue weighted by atomic mass is 16.6. The van der Waals surface area contributed by atoms with Crippen LogP contribution in [0.15, 0.2) is 52.9 Å². The number of hydrogen-bond acceptors (Lipinski definition) is 5. The van der Waals surface area contributed by atoms with Crippen LogP contribution in [0.2, 0.25) is 0 Å². The summed E-state index contributed by atoms with van der Waals surface area (Å²) in [6, 6.07) is 12.6. The maximum Gasteiger partial charge on any atom is 0.293 e. The topological polar surface area (TPSA) is 114 Å². The van der Waals surface area contributed by atoms with E-state index in [1.54, 1.807) is 24.3 Å². The minimum absolute atomic E-state index is 0.00380. The van der Waals surface area contributed by atoms with Crippen molar-refractivity contribution in [2.75, 3.05) is 10.6 Å². The van der Waals surface area contributed by atoms with Gasteiger partial charge in [0.2, 0.25) is 11.7 Å². The molecule has 0 unspecified atom stereocenters. The van der Waals surface area contributed by atoms with E-state index in [0.717, 1.165) is 25.7 Å². The molecule has 148 valence electrons. The van der Waals surface area contributed by atoms with Crippen molar-refractivity contribution in [3.63, 3.8) is 0 Å². The van der Waals surface area contributed by atoms with Gasteiger partial charge in [-0.2, -0.15) is 0 Å². The summed E-state index contributed by atoms with van der Waals surface area (Å²) >= 11 is 0. The average molecular weight is 393 g/mol. The Morgan fingerprint density at radius 3 is 2.38 bits per heavy atom. The SMILES string of the molecule is O=C(Nc1ccc([N+](=O)[O-])cc1)c1oc2ccccc2c1NC(=O)C1CCCC1. The molecule has 8 heteroatoms. The van der Waals surface area contributed by atoms with Gasteiger partial charge in [-0.15, -0.1) is 0 Å². The molecule has 3 aromatic rings. The van der Waals surface area contributed by atoms with Gasteiger partial charge < -0.3 is 15.1 Å². The zero-order valence-corrected chi connectivity index (χ0v) is 15.5. The van der Waals surface area contributed by atoms with Crippen molar-refractivity contribution in [2.45, 2.75) is 25.7 Å². The molecule has 2 aromatic carbocycles. The van der Waals surface area contributed by atoms with Crippen LogP contribution in [0.25, 0.3) is 11.0 Å². The Morgan fingerprint density at radius 1 is 1.00 bits per heavy atom. The molecule has 2 amide bonds. The van der Waals surface area contributed by atoms with Crippen molar-refractivity contribution in [1.29, 1.82) is 0 Å². The molecule has 0 spiro atoms. The number of benzene rings is 2. The molecule has 0 aliphatic heterocycles. The molecule has 0 bridgehead atoms. The molecule has 0 saturated heterocycles. The van der Waals surface area contributed by atoms with Gasteiger partial charge in [0.05, 0.1) is 4.92 Å². The lowest BCUT2D eigenvalue weighted by molar-refractivity contribution is -0.384. The first-order valence-electron chi connectivity index (χ1n) is 9.41. The predicted molar refractivity (Wildman–Crippen MR) is 108 cm³/mol. The molecule has 0 atom stereocenters. The molecule has 8 nitrogen and oxygen atoms in total. The Bertz CT molecular complexity index is 1080. The van der Waals surface area contributed by atoms with Gasteiger partial charge in [0.15, 0.2) is 0 Å². The fourth-order valence-corrected chi connectivity index (χ4v) is 3.60. The van der Waals surface area contributed by atoms with E-state index in [0.29, 0.717) is 22.3 Å². The van der Waals surface area contributed by atoms with Gasteiger partial charge >= 0.3 is 0 Å². The molecule has 1 saturated carbocycles. The molecule has 1 fully saturated rings. The summed E-state index contributed by atoms with van der Waals surface area (Å²) in [5.41, 5.74) is 1.14. The van der Waals surface area contributed by atoms with Crippen molar-refractivity contribution in [3.05, 3.63) is 64.4 Å². The minimum Gasteiger partial charge on any atom is -0.449 e. The lowest BCUT2D eigenvalue weighted by Gasteiger charge is -2.11. The molecule has 2 N–H and O–H groups in total. The highest BCUT2D eigenvalue weighted by Crippen LogP contribution is 2.33.